The Morgan fingerprint density at radius 3 is 2.12 bits per heavy atom. The van der Waals surface area contributed by atoms with Crippen LogP contribution in [0.25, 0.3) is 0 Å². The Balaban J connectivity index is 4.27. The molecule has 0 aromatic heterocycles. The molecule has 0 heterocycles. The van der Waals surface area contributed by atoms with Crippen LogP contribution in [0.1, 0.15) is 48.0 Å². The summed E-state index contributed by atoms with van der Waals surface area (Å²) >= 11 is 0. The van der Waals surface area contributed by atoms with Crippen molar-refractivity contribution in [2.45, 2.75) is 65.6 Å². The lowest BCUT2D eigenvalue weighted by molar-refractivity contribution is -0.123. The maximum atomic E-state index is 11.3. The number of carbonyl (C=O) groups is 1. The van der Waals surface area contributed by atoms with Crippen molar-refractivity contribution in [3.05, 3.63) is 0 Å². The van der Waals surface area contributed by atoms with Crippen molar-refractivity contribution in [2.24, 2.45) is 0 Å². The smallest absolute Gasteiger partial charge is 0.222 e. The summed E-state index contributed by atoms with van der Waals surface area (Å²) < 4.78 is 8.16. The normalized spacial score (nSPS) is 13.3. The minimum Gasteiger partial charge on any atom is -0.359 e. The summed E-state index contributed by atoms with van der Waals surface area (Å²) in [5, 5.41) is 2.62. The van der Waals surface area contributed by atoms with Gasteiger partial charge in [0, 0.05) is 19.1 Å². The van der Waals surface area contributed by atoms with E-state index in [1.165, 1.54) is 0 Å². The molecule has 0 aromatic carbocycles. The predicted molar refractivity (Wildman–Crippen MR) is 74.3 cm³/mol. The van der Waals surface area contributed by atoms with Gasteiger partial charge in [-0.3, -0.25) is 9.46 Å². The zero-order valence-electron chi connectivity index (χ0n) is 12.1. The van der Waals surface area contributed by atoms with Crippen molar-refractivity contribution >= 4 is 14.9 Å². The van der Waals surface area contributed by atoms with Crippen molar-refractivity contribution in [1.82, 2.24) is 9.99 Å². The van der Waals surface area contributed by atoms with E-state index in [0.717, 1.165) is 0 Å². The summed E-state index contributed by atoms with van der Waals surface area (Å²) in [5.74, 6) is 0.0143. The van der Waals surface area contributed by atoms with Crippen LogP contribution in [0.3, 0.4) is 0 Å². The minimum absolute atomic E-state index is 0.0143. The van der Waals surface area contributed by atoms with Gasteiger partial charge in [0.2, 0.25) is 5.91 Å². The van der Waals surface area contributed by atoms with Crippen molar-refractivity contribution < 1.29 is 9.32 Å². The second-order valence-electron chi connectivity index (χ2n) is 5.40. The molecule has 1 N–H and O–H groups in total. The minimum atomic E-state index is -0.416. The van der Waals surface area contributed by atoms with Gasteiger partial charge in [0.05, 0.1) is 21.0 Å². The standard InChI is InChI=1S/C12H27N2O2P/c1-9(2)14(10(3)4)17-16-12(5,6)8-11(15)13-7/h9-10,17H,8H2,1-7H3,(H,13,15). The highest BCUT2D eigenvalue weighted by Crippen LogP contribution is 2.32. The first-order valence-corrected chi connectivity index (χ1v) is 6.97. The highest BCUT2D eigenvalue weighted by atomic mass is 31.1. The van der Waals surface area contributed by atoms with E-state index in [9.17, 15) is 4.79 Å². The number of carbonyl (C=O) groups excluding carboxylic acids is 1. The van der Waals surface area contributed by atoms with Gasteiger partial charge in [0.1, 0.15) is 0 Å². The highest BCUT2D eigenvalue weighted by Gasteiger charge is 2.25. The van der Waals surface area contributed by atoms with Gasteiger partial charge in [-0.25, -0.2) is 0 Å². The lowest BCUT2D eigenvalue weighted by atomic mass is 10.1. The molecule has 0 radical (unpaired) electrons. The van der Waals surface area contributed by atoms with Gasteiger partial charge in [0.25, 0.3) is 0 Å². The first-order valence-electron chi connectivity index (χ1n) is 6.12. The molecular weight excluding hydrogens is 235 g/mol. The maximum absolute atomic E-state index is 11.3. The lowest BCUT2D eigenvalue weighted by Gasteiger charge is -2.33. The van der Waals surface area contributed by atoms with Crippen molar-refractivity contribution in [2.75, 3.05) is 7.05 Å². The maximum Gasteiger partial charge on any atom is 0.222 e. The fourth-order valence-electron chi connectivity index (χ4n) is 1.49. The molecule has 0 fully saturated rings. The zero-order chi connectivity index (χ0) is 13.6. The van der Waals surface area contributed by atoms with Crippen molar-refractivity contribution in [3.63, 3.8) is 0 Å². The molecule has 0 aliphatic rings. The van der Waals surface area contributed by atoms with Crippen LogP contribution in [0.2, 0.25) is 0 Å². The van der Waals surface area contributed by atoms with E-state index >= 15 is 0 Å². The van der Waals surface area contributed by atoms with E-state index in [0.29, 0.717) is 18.5 Å². The third kappa shape index (κ3) is 6.97. The van der Waals surface area contributed by atoms with Gasteiger partial charge < -0.3 is 9.84 Å². The Hall–Kier alpha value is -0.180. The fraction of sp³-hybridized carbons (Fsp3) is 0.917. The SMILES string of the molecule is CNC(=O)CC(C)(C)OPN(C(C)C)C(C)C. The molecule has 17 heavy (non-hydrogen) atoms. The molecule has 1 unspecified atom stereocenters. The quantitative estimate of drug-likeness (QED) is 0.717. The highest BCUT2D eigenvalue weighted by molar-refractivity contribution is 7.29. The van der Waals surface area contributed by atoms with Gasteiger partial charge >= 0.3 is 0 Å². The molecule has 1 atom stereocenters. The molecular formula is C12H27N2O2P. The van der Waals surface area contributed by atoms with Gasteiger partial charge in [-0.2, -0.15) is 0 Å². The van der Waals surface area contributed by atoms with Gasteiger partial charge in [-0.15, -0.1) is 0 Å². The number of hydrogen-bond donors (Lipinski definition) is 1. The van der Waals surface area contributed by atoms with Crippen LogP contribution in [0.15, 0.2) is 0 Å². The first kappa shape index (κ1) is 16.8. The van der Waals surface area contributed by atoms with Crippen LogP contribution in [0, 0.1) is 0 Å². The lowest BCUT2D eigenvalue weighted by Crippen LogP contribution is -2.34. The van der Waals surface area contributed by atoms with Gasteiger partial charge in [-0.05, 0) is 41.5 Å². The van der Waals surface area contributed by atoms with E-state index < -0.39 is 5.60 Å². The first-order chi connectivity index (χ1) is 7.69. The van der Waals surface area contributed by atoms with E-state index in [1.807, 2.05) is 13.8 Å². The molecule has 0 aliphatic heterocycles. The van der Waals surface area contributed by atoms with Crippen LogP contribution in [0.4, 0.5) is 0 Å². The summed E-state index contributed by atoms with van der Waals surface area (Å²) in [6.45, 7) is 12.5. The average molecular weight is 262 g/mol. The van der Waals surface area contributed by atoms with Gasteiger partial charge in [-0.1, -0.05) is 0 Å². The number of nitrogens with one attached hydrogen (secondary N) is 1. The molecule has 0 bridgehead atoms. The molecule has 0 spiro atoms. The molecule has 4 nitrogen and oxygen atoms in total. The van der Waals surface area contributed by atoms with E-state index in [-0.39, 0.29) is 14.9 Å². The van der Waals surface area contributed by atoms with Gasteiger partial charge in [0.15, 0.2) is 0 Å². The molecule has 5 heteroatoms. The predicted octanol–water partition coefficient (Wildman–Crippen LogP) is 2.55. The second kappa shape index (κ2) is 7.30. The Labute approximate surface area is 107 Å². The van der Waals surface area contributed by atoms with E-state index in [1.54, 1.807) is 7.05 Å². The molecule has 102 valence electrons. The van der Waals surface area contributed by atoms with Crippen LogP contribution in [0.5, 0.6) is 0 Å². The Bertz CT molecular complexity index is 235. The number of nitrogens with zero attached hydrogens (tertiary/aromatic N) is 1. The van der Waals surface area contributed by atoms with Crippen molar-refractivity contribution in [3.8, 4) is 0 Å². The van der Waals surface area contributed by atoms with E-state index in [4.69, 9.17) is 4.52 Å². The number of amides is 1. The summed E-state index contributed by atoms with van der Waals surface area (Å²) in [6.07, 6.45) is 0.389. The largest absolute Gasteiger partial charge is 0.359 e. The summed E-state index contributed by atoms with van der Waals surface area (Å²) in [7, 11) is 1.94. The topological polar surface area (TPSA) is 41.6 Å². The Morgan fingerprint density at radius 2 is 1.76 bits per heavy atom. The zero-order valence-corrected chi connectivity index (χ0v) is 13.1. The monoisotopic (exact) mass is 262 g/mol. The number of hydrogen-bond acceptors (Lipinski definition) is 3. The average Bonchev–Trinajstić information content (AvgIpc) is 2.15. The molecule has 0 aliphatic carbocycles. The Morgan fingerprint density at radius 1 is 1.29 bits per heavy atom. The molecule has 0 saturated heterocycles. The number of rotatable bonds is 7. The van der Waals surface area contributed by atoms with Crippen LogP contribution in [-0.2, 0) is 9.32 Å². The summed E-state index contributed by atoms with van der Waals surface area (Å²) in [6, 6.07) is 0.897. The second-order valence-corrected chi connectivity index (χ2v) is 6.30. The third-order valence-electron chi connectivity index (χ3n) is 2.41. The van der Waals surface area contributed by atoms with Crippen LogP contribution >= 0.6 is 8.96 Å². The van der Waals surface area contributed by atoms with Crippen LogP contribution < -0.4 is 5.32 Å². The molecule has 1 amide bonds. The van der Waals surface area contributed by atoms with Crippen LogP contribution in [-0.4, -0.2) is 35.3 Å². The molecule has 0 aromatic rings. The summed E-state index contributed by atoms with van der Waals surface area (Å²) in [5.41, 5.74) is -0.416. The molecule has 0 saturated carbocycles. The molecule has 0 rings (SSSR count). The van der Waals surface area contributed by atoms with Crippen molar-refractivity contribution in [1.29, 1.82) is 0 Å². The Kier molecular flexibility index (Phi) is 7.22. The third-order valence-corrected chi connectivity index (χ3v) is 4.29. The summed E-state index contributed by atoms with van der Waals surface area (Å²) in [4.78, 5) is 11.3. The van der Waals surface area contributed by atoms with E-state index in [2.05, 4.69) is 37.7 Å². The fourth-order valence-corrected chi connectivity index (χ4v) is 2.34.